The van der Waals surface area contributed by atoms with Crippen molar-refractivity contribution in [1.29, 1.82) is 0 Å². The maximum atomic E-state index is 12.5. The quantitative estimate of drug-likeness (QED) is 0.848. The van der Waals surface area contributed by atoms with Crippen LogP contribution in [0.4, 0.5) is 5.69 Å². The molecule has 0 aromatic heterocycles. The Kier molecular flexibility index (Phi) is 6.21. The lowest BCUT2D eigenvalue weighted by atomic mass is 10.1. The van der Waals surface area contributed by atoms with Crippen molar-refractivity contribution < 1.29 is 14.3 Å². The predicted octanol–water partition coefficient (Wildman–Crippen LogP) is 3.16. The average molecular weight is 328 g/mol. The summed E-state index contributed by atoms with van der Waals surface area (Å²) in [7, 11) is 5.16. The Hall–Kier alpha value is -2.53. The molecule has 24 heavy (non-hydrogen) atoms. The third kappa shape index (κ3) is 4.49. The molecule has 1 unspecified atom stereocenters. The minimum atomic E-state index is -0.281. The molecular formula is C19H24N2O3. The molecule has 1 N–H and O–H groups in total. The summed E-state index contributed by atoms with van der Waals surface area (Å²) in [4.78, 5) is 14.5. The molecule has 0 aliphatic rings. The Morgan fingerprint density at radius 3 is 2.38 bits per heavy atom. The minimum Gasteiger partial charge on any atom is -0.497 e. The molecule has 5 nitrogen and oxygen atoms in total. The van der Waals surface area contributed by atoms with E-state index >= 15 is 0 Å². The Bertz CT molecular complexity index is 671. The number of amides is 1. The van der Waals surface area contributed by atoms with Crippen LogP contribution in [0, 0.1) is 0 Å². The lowest BCUT2D eigenvalue weighted by molar-refractivity contribution is -0.120. The van der Waals surface area contributed by atoms with E-state index in [1.807, 2.05) is 67.4 Å². The van der Waals surface area contributed by atoms with Gasteiger partial charge in [-0.3, -0.25) is 9.69 Å². The van der Waals surface area contributed by atoms with Gasteiger partial charge in [-0.05, 0) is 43.8 Å². The van der Waals surface area contributed by atoms with Gasteiger partial charge in [0.05, 0.1) is 25.9 Å². The smallest absolute Gasteiger partial charge is 0.241 e. The summed E-state index contributed by atoms with van der Waals surface area (Å²) in [6.45, 7) is 2.55. The van der Waals surface area contributed by atoms with Gasteiger partial charge in [0.15, 0.2) is 0 Å². The van der Waals surface area contributed by atoms with Crippen LogP contribution in [-0.2, 0) is 11.3 Å². The topological polar surface area (TPSA) is 50.8 Å². The second-order valence-corrected chi connectivity index (χ2v) is 5.63. The number of methoxy groups -OCH3 is 2. The highest BCUT2D eigenvalue weighted by atomic mass is 16.5. The molecule has 1 atom stereocenters. The van der Waals surface area contributed by atoms with Crippen LogP contribution < -0.4 is 14.8 Å². The molecule has 0 aliphatic carbocycles. The van der Waals surface area contributed by atoms with Crippen molar-refractivity contribution in [2.24, 2.45) is 0 Å². The summed E-state index contributed by atoms with van der Waals surface area (Å²) in [5, 5.41) is 2.92. The van der Waals surface area contributed by atoms with Gasteiger partial charge in [0, 0.05) is 6.54 Å². The van der Waals surface area contributed by atoms with Gasteiger partial charge in [0.2, 0.25) is 5.91 Å². The van der Waals surface area contributed by atoms with E-state index in [0.717, 1.165) is 11.3 Å². The van der Waals surface area contributed by atoms with Gasteiger partial charge in [-0.25, -0.2) is 0 Å². The second-order valence-electron chi connectivity index (χ2n) is 5.63. The summed E-state index contributed by atoms with van der Waals surface area (Å²) in [6.07, 6.45) is 0. The van der Waals surface area contributed by atoms with E-state index in [1.165, 1.54) is 0 Å². The maximum Gasteiger partial charge on any atom is 0.241 e. The highest BCUT2D eigenvalue weighted by Crippen LogP contribution is 2.23. The van der Waals surface area contributed by atoms with Crippen LogP contribution in [0.1, 0.15) is 12.5 Å². The van der Waals surface area contributed by atoms with Gasteiger partial charge in [0.1, 0.15) is 11.5 Å². The Labute approximate surface area is 143 Å². The molecule has 128 valence electrons. The van der Waals surface area contributed by atoms with E-state index in [2.05, 4.69) is 5.32 Å². The predicted molar refractivity (Wildman–Crippen MR) is 95.5 cm³/mol. The van der Waals surface area contributed by atoms with E-state index in [4.69, 9.17) is 9.47 Å². The summed E-state index contributed by atoms with van der Waals surface area (Å²) in [5.41, 5.74) is 1.80. The molecule has 0 saturated carbocycles. The average Bonchev–Trinajstić information content (AvgIpc) is 2.62. The van der Waals surface area contributed by atoms with E-state index in [1.54, 1.807) is 14.2 Å². The molecule has 2 aromatic rings. The highest BCUT2D eigenvalue weighted by Gasteiger charge is 2.19. The molecule has 0 aliphatic heterocycles. The summed E-state index contributed by atoms with van der Waals surface area (Å²) in [5.74, 6) is 1.40. The van der Waals surface area contributed by atoms with Gasteiger partial charge in [0.25, 0.3) is 0 Å². The number of benzene rings is 2. The van der Waals surface area contributed by atoms with Crippen LogP contribution in [0.5, 0.6) is 11.5 Å². The summed E-state index contributed by atoms with van der Waals surface area (Å²) >= 11 is 0. The van der Waals surface area contributed by atoms with Crippen molar-refractivity contribution in [2.75, 3.05) is 26.6 Å². The number of nitrogens with zero attached hydrogens (tertiary/aromatic N) is 1. The number of carbonyl (C=O) groups excluding carboxylic acids is 1. The van der Waals surface area contributed by atoms with Crippen molar-refractivity contribution in [2.45, 2.75) is 19.5 Å². The van der Waals surface area contributed by atoms with Crippen molar-refractivity contribution in [3.63, 3.8) is 0 Å². The first-order valence-corrected chi connectivity index (χ1v) is 7.82. The summed E-state index contributed by atoms with van der Waals surface area (Å²) < 4.78 is 10.4. The zero-order valence-electron chi connectivity index (χ0n) is 14.6. The van der Waals surface area contributed by atoms with Crippen molar-refractivity contribution in [3.8, 4) is 11.5 Å². The third-order valence-electron chi connectivity index (χ3n) is 4.00. The molecule has 5 heteroatoms. The fourth-order valence-electron chi connectivity index (χ4n) is 2.34. The molecule has 0 fully saturated rings. The number of likely N-dealkylation sites (N-methyl/N-ethyl adjacent to an activating group) is 1. The molecule has 2 rings (SSSR count). The van der Waals surface area contributed by atoms with Crippen LogP contribution in [0.2, 0.25) is 0 Å². The zero-order valence-corrected chi connectivity index (χ0v) is 14.6. The van der Waals surface area contributed by atoms with Crippen LogP contribution in [0.15, 0.2) is 48.5 Å². The SMILES string of the molecule is COc1ccc(CN(C)C(C)C(=O)Nc2ccccc2OC)cc1. The first-order valence-electron chi connectivity index (χ1n) is 7.82. The lowest BCUT2D eigenvalue weighted by Crippen LogP contribution is -2.39. The number of hydrogen-bond acceptors (Lipinski definition) is 4. The van der Waals surface area contributed by atoms with Crippen molar-refractivity contribution in [1.82, 2.24) is 4.90 Å². The Balaban J connectivity index is 1.98. The van der Waals surface area contributed by atoms with Gasteiger partial charge >= 0.3 is 0 Å². The van der Waals surface area contributed by atoms with E-state index in [-0.39, 0.29) is 11.9 Å². The first kappa shape index (κ1) is 17.8. The van der Waals surface area contributed by atoms with Crippen LogP contribution >= 0.6 is 0 Å². The third-order valence-corrected chi connectivity index (χ3v) is 4.00. The number of ether oxygens (including phenoxy) is 2. The fraction of sp³-hybridized carbons (Fsp3) is 0.316. The Morgan fingerprint density at radius 2 is 1.75 bits per heavy atom. The number of anilines is 1. The van der Waals surface area contributed by atoms with Crippen LogP contribution in [-0.4, -0.2) is 38.1 Å². The second kappa shape index (κ2) is 8.36. The zero-order chi connectivity index (χ0) is 17.5. The molecule has 0 heterocycles. The normalized spacial score (nSPS) is 11.9. The largest absolute Gasteiger partial charge is 0.497 e. The molecule has 0 saturated heterocycles. The van der Waals surface area contributed by atoms with E-state index in [9.17, 15) is 4.79 Å². The van der Waals surface area contributed by atoms with Crippen LogP contribution in [0.3, 0.4) is 0 Å². The van der Waals surface area contributed by atoms with Crippen LogP contribution in [0.25, 0.3) is 0 Å². The Morgan fingerprint density at radius 1 is 1.08 bits per heavy atom. The number of hydrogen-bond donors (Lipinski definition) is 1. The molecule has 1 amide bonds. The van der Waals surface area contributed by atoms with Gasteiger partial charge in [-0.1, -0.05) is 24.3 Å². The van der Waals surface area contributed by atoms with E-state index < -0.39 is 0 Å². The fourth-order valence-corrected chi connectivity index (χ4v) is 2.34. The minimum absolute atomic E-state index is 0.0736. The number of carbonyl (C=O) groups is 1. The number of para-hydroxylation sites is 2. The highest BCUT2D eigenvalue weighted by molar-refractivity contribution is 5.95. The maximum absolute atomic E-state index is 12.5. The molecule has 0 spiro atoms. The molecule has 0 radical (unpaired) electrons. The number of nitrogens with one attached hydrogen (secondary N) is 1. The monoisotopic (exact) mass is 328 g/mol. The van der Waals surface area contributed by atoms with Gasteiger partial charge in [-0.2, -0.15) is 0 Å². The summed E-state index contributed by atoms with van der Waals surface area (Å²) in [6, 6.07) is 14.9. The van der Waals surface area contributed by atoms with Crippen molar-refractivity contribution >= 4 is 11.6 Å². The van der Waals surface area contributed by atoms with Gasteiger partial charge < -0.3 is 14.8 Å². The molecule has 2 aromatic carbocycles. The number of rotatable bonds is 7. The lowest BCUT2D eigenvalue weighted by Gasteiger charge is -2.24. The molecular weight excluding hydrogens is 304 g/mol. The van der Waals surface area contributed by atoms with Crippen molar-refractivity contribution in [3.05, 3.63) is 54.1 Å². The molecule has 0 bridgehead atoms. The standard InChI is InChI=1S/C19H24N2O3/c1-14(19(22)20-17-7-5-6-8-18(17)24-4)21(2)13-15-9-11-16(23-3)12-10-15/h5-12,14H,13H2,1-4H3,(H,20,22). The first-order chi connectivity index (χ1) is 11.5. The van der Waals surface area contributed by atoms with E-state index in [0.29, 0.717) is 18.0 Å². The van der Waals surface area contributed by atoms with Gasteiger partial charge in [-0.15, -0.1) is 0 Å².